The van der Waals surface area contributed by atoms with E-state index < -0.39 is 0 Å². The van der Waals surface area contributed by atoms with Gasteiger partial charge in [0.15, 0.2) is 33.9 Å². The van der Waals surface area contributed by atoms with Crippen LogP contribution in [0.25, 0.3) is 44.6 Å². The third-order valence-electron chi connectivity index (χ3n) is 6.48. The van der Waals surface area contributed by atoms with Crippen molar-refractivity contribution in [1.82, 2.24) is 0 Å². The van der Waals surface area contributed by atoms with Gasteiger partial charge in [-0.3, -0.25) is 9.59 Å². The Labute approximate surface area is 228 Å². The Morgan fingerprint density at radius 3 is 1.10 bits per heavy atom. The molecule has 0 aliphatic carbocycles. The second-order valence-corrected chi connectivity index (χ2v) is 8.62. The Bertz CT molecular complexity index is 1680. The summed E-state index contributed by atoms with van der Waals surface area (Å²) in [6.07, 6.45) is 0. The van der Waals surface area contributed by atoms with Crippen molar-refractivity contribution in [1.29, 1.82) is 0 Å². The van der Waals surface area contributed by atoms with Gasteiger partial charge < -0.3 is 37.3 Å². The molecule has 5 aromatic rings. The molecule has 3 aromatic carbocycles. The average molecular weight is 547 g/mol. The molecule has 0 radical (unpaired) electrons. The first-order chi connectivity index (χ1) is 19.3. The molecule has 0 bridgehead atoms. The van der Waals surface area contributed by atoms with Gasteiger partial charge >= 0.3 is 0 Å². The number of rotatable bonds is 8. The minimum Gasteiger partial charge on any atom is -0.493 e. The van der Waals surface area contributed by atoms with Gasteiger partial charge in [-0.05, 0) is 30.3 Å². The van der Waals surface area contributed by atoms with Crippen LogP contribution in [0.15, 0.2) is 67.0 Å². The Kier molecular flexibility index (Phi) is 7.00. The van der Waals surface area contributed by atoms with E-state index in [1.165, 1.54) is 66.9 Å². The molecule has 0 saturated carbocycles. The summed E-state index contributed by atoms with van der Waals surface area (Å²) >= 11 is 0. The predicted molar refractivity (Wildman–Crippen MR) is 149 cm³/mol. The number of hydrogen-bond donors (Lipinski definition) is 0. The fourth-order valence-electron chi connectivity index (χ4n) is 4.54. The molecule has 0 aliphatic heterocycles. The maximum Gasteiger partial charge on any atom is 0.203 e. The lowest BCUT2D eigenvalue weighted by atomic mass is 10.1. The maximum absolute atomic E-state index is 13.1. The van der Waals surface area contributed by atoms with E-state index in [0.717, 1.165) is 0 Å². The van der Waals surface area contributed by atoms with Crippen molar-refractivity contribution in [2.24, 2.45) is 0 Å². The van der Waals surface area contributed by atoms with Gasteiger partial charge in [-0.15, -0.1) is 0 Å². The number of fused-ring (bicyclic) bond motifs is 2. The first-order valence-corrected chi connectivity index (χ1v) is 12.0. The number of benzene rings is 3. The fourth-order valence-corrected chi connectivity index (χ4v) is 4.54. The number of ether oxygens (including phenoxy) is 6. The van der Waals surface area contributed by atoms with E-state index >= 15 is 0 Å². The topological polar surface area (TPSA) is 116 Å². The third-order valence-corrected chi connectivity index (χ3v) is 6.48. The molecule has 0 atom stereocenters. The normalized spacial score (nSPS) is 10.9. The lowest BCUT2D eigenvalue weighted by Crippen LogP contribution is -2.05. The molecule has 5 rings (SSSR count). The Balaban J connectivity index is 1.70. The number of methoxy groups -OCH3 is 6. The van der Waals surface area contributed by atoms with E-state index in [4.69, 9.17) is 37.3 Å². The summed E-state index contributed by atoms with van der Waals surface area (Å²) in [4.78, 5) is 26.3. The quantitative estimate of drug-likeness (QED) is 0.238. The zero-order valence-corrected chi connectivity index (χ0v) is 22.7. The van der Waals surface area contributed by atoms with Crippen LogP contribution in [0.2, 0.25) is 0 Å². The van der Waals surface area contributed by atoms with Gasteiger partial charge in [-0.2, -0.15) is 0 Å². The monoisotopic (exact) mass is 546 g/mol. The minimum atomic E-state index is -0.333. The minimum absolute atomic E-state index is 0.231. The molecule has 2 aromatic heterocycles. The van der Waals surface area contributed by atoms with Crippen LogP contribution in [0.1, 0.15) is 0 Å². The lowest BCUT2D eigenvalue weighted by molar-refractivity contribution is 0.324. The Morgan fingerprint density at radius 2 is 0.800 bits per heavy atom. The smallest absolute Gasteiger partial charge is 0.203 e. The van der Waals surface area contributed by atoms with Crippen LogP contribution in [-0.4, -0.2) is 42.7 Å². The SMILES string of the molecule is COc1cc(-c2cc(=O)c3cc4c(=O)cc(-c5cc(OC)c(OC)c(OC)c5)oc4cc3o2)cc(OC)c1OC. The Morgan fingerprint density at radius 1 is 0.450 bits per heavy atom. The van der Waals surface area contributed by atoms with Crippen LogP contribution < -0.4 is 39.3 Å². The molecule has 206 valence electrons. The molecule has 0 aliphatic rings. The predicted octanol–water partition coefficient (Wildman–Crippen LogP) is 5.29. The summed E-state index contributed by atoms with van der Waals surface area (Å²) < 4.78 is 44.8. The molecule has 10 heteroatoms. The van der Waals surface area contributed by atoms with Crippen LogP contribution in [0, 0.1) is 0 Å². The average Bonchev–Trinajstić information content (AvgIpc) is 2.98. The summed E-state index contributed by atoms with van der Waals surface area (Å²) in [7, 11) is 8.99. The van der Waals surface area contributed by atoms with E-state index in [0.29, 0.717) is 45.6 Å². The van der Waals surface area contributed by atoms with E-state index in [9.17, 15) is 9.59 Å². The first-order valence-electron chi connectivity index (χ1n) is 12.0. The summed E-state index contributed by atoms with van der Waals surface area (Å²) in [6.45, 7) is 0. The Hall–Kier alpha value is -5.12. The first kappa shape index (κ1) is 26.5. The highest BCUT2D eigenvalue weighted by molar-refractivity contribution is 5.94. The van der Waals surface area contributed by atoms with Gasteiger partial charge in [-0.25, -0.2) is 0 Å². The zero-order chi connectivity index (χ0) is 28.6. The highest BCUT2D eigenvalue weighted by Gasteiger charge is 2.19. The molecule has 2 heterocycles. The van der Waals surface area contributed by atoms with Gasteiger partial charge in [0, 0.05) is 29.3 Å². The molecule has 40 heavy (non-hydrogen) atoms. The molecular weight excluding hydrogens is 520 g/mol. The molecule has 0 saturated heterocycles. The molecule has 0 amide bonds. The molecule has 0 spiro atoms. The van der Waals surface area contributed by atoms with E-state index in [2.05, 4.69) is 0 Å². The van der Waals surface area contributed by atoms with Crippen LogP contribution in [0.5, 0.6) is 34.5 Å². The van der Waals surface area contributed by atoms with E-state index in [1.807, 2.05) is 0 Å². The van der Waals surface area contributed by atoms with Gasteiger partial charge in [0.1, 0.15) is 22.7 Å². The summed E-state index contributed by atoms with van der Waals surface area (Å²) in [5.74, 6) is 2.95. The lowest BCUT2D eigenvalue weighted by Gasteiger charge is -2.14. The second-order valence-electron chi connectivity index (χ2n) is 8.62. The van der Waals surface area contributed by atoms with Gasteiger partial charge in [0.05, 0.1) is 53.4 Å². The van der Waals surface area contributed by atoms with E-state index in [1.54, 1.807) is 24.3 Å². The highest BCUT2D eigenvalue weighted by atomic mass is 16.5. The van der Waals surface area contributed by atoms with Crippen molar-refractivity contribution >= 4 is 21.9 Å². The fraction of sp³-hybridized carbons (Fsp3) is 0.200. The second kappa shape index (κ2) is 10.6. The van der Waals surface area contributed by atoms with E-state index in [-0.39, 0.29) is 44.3 Å². The van der Waals surface area contributed by atoms with Gasteiger partial charge in [0.25, 0.3) is 0 Å². The van der Waals surface area contributed by atoms with Crippen molar-refractivity contribution in [3.63, 3.8) is 0 Å². The van der Waals surface area contributed by atoms with Gasteiger partial charge in [-0.1, -0.05) is 0 Å². The van der Waals surface area contributed by atoms with Crippen molar-refractivity contribution in [3.05, 3.63) is 69.0 Å². The van der Waals surface area contributed by atoms with Crippen LogP contribution in [0.4, 0.5) is 0 Å². The van der Waals surface area contributed by atoms with Crippen molar-refractivity contribution in [2.75, 3.05) is 42.7 Å². The summed E-state index contributed by atoms with van der Waals surface area (Å²) in [5, 5.41) is 0.466. The van der Waals surface area contributed by atoms with Crippen molar-refractivity contribution < 1.29 is 37.3 Å². The van der Waals surface area contributed by atoms with Crippen LogP contribution in [0.3, 0.4) is 0 Å². The highest BCUT2D eigenvalue weighted by Crippen LogP contribution is 2.43. The molecule has 0 fully saturated rings. The molecule has 0 N–H and O–H groups in total. The molecule has 10 nitrogen and oxygen atoms in total. The maximum atomic E-state index is 13.1. The summed E-state index contributed by atoms with van der Waals surface area (Å²) in [5.41, 5.74) is 0.852. The van der Waals surface area contributed by atoms with Crippen molar-refractivity contribution in [2.45, 2.75) is 0 Å². The van der Waals surface area contributed by atoms with Crippen LogP contribution >= 0.6 is 0 Å². The largest absolute Gasteiger partial charge is 0.493 e. The van der Waals surface area contributed by atoms with Crippen molar-refractivity contribution in [3.8, 4) is 57.1 Å². The van der Waals surface area contributed by atoms with Gasteiger partial charge in [0.2, 0.25) is 11.5 Å². The van der Waals surface area contributed by atoms with Crippen LogP contribution in [-0.2, 0) is 0 Å². The summed E-state index contributed by atoms with van der Waals surface area (Å²) in [6, 6.07) is 12.4. The number of hydrogen-bond acceptors (Lipinski definition) is 10. The molecular formula is C30H26O10. The zero-order valence-electron chi connectivity index (χ0n) is 22.7. The standard InChI is InChI=1S/C30H26O10/c1-33-25-7-15(8-26(34-2)29(25)37-5)21-12-19(31)17-11-18-20(32)13-22(40-24(18)14-23(17)39-21)16-9-27(35-3)30(38-6)28(10-16)36-4/h7-14H,1-6H3. The third kappa shape index (κ3) is 4.43. The molecule has 0 unspecified atom stereocenters.